The summed E-state index contributed by atoms with van der Waals surface area (Å²) >= 11 is 0. The lowest BCUT2D eigenvalue weighted by atomic mass is 10.1. The van der Waals surface area contributed by atoms with E-state index in [0.717, 1.165) is 0 Å². The Balaban J connectivity index is 1.74. The SMILES string of the molecule is O=C(Nc1ccc(-c2noc(C(F)(F)F)n2)cc1)c1ccccc1. The van der Waals surface area contributed by atoms with Crippen LogP contribution in [0.5, 0.6) is 0 Å². The molecule has 0 bridgehead atoms. The van der Waals surface area contributed by atoms with Crippen LogP contribution in [0.3, 0.4) is 0 Å². The molecule has 1 amide bonds. The summed E-state index contributed by atoms with van der Waals surface area (Å²) in [5, 5.41) is 5.98. The number of nitrogens with one attached hydrogen (secondary N) is 1. The molecule has 0 spiro atoms. The first-order valence-corrected chi connectivity index (χ1v) is 6.81. The van der Waals surface area contributed by atoms with Crippen molar-refractivity contribution in [1.82, 2.24) is 10.1 Å². The van der Waals surface area contributed by atoms with Gasteiger partial charge in [-0.25, -0.2) is 0 Å². The van der Waals surface area contributed by atoms with Gasteiger partial charge in [-0.05, 0) is 36.4 Å². The number of benzene rings is 2. The minimum atomic E-state index is -4.69. The molecule has 0 atom stereocenters. The molecule has 0 saturated heterocycles. The van der Waals surface area contributed by atoms with Gasteiger partial charge in [0.05, 0.1) is 0 Å². The summed E-state index contributed by atoms with van der Waals surface area (Å²) in [4.78, 5) is 15.3. The predicted molar refractivity (Wildman–Crippen MR) is 79.1 cm³/mol. The van der Waals surface area contributed by atoms with E-state index in [4.69, 9.17) is 0 Å². The maximum atomic E-state index is 12.4. The van der Waals surface area contributed by atoms with E-state index < -0.39 is 12.1 Å². The van der Waals surface area contributed by atoms with E-state index in [-0.39, 0.29) is 11.7 Å². The summed E-state index contributed by atoms with van der Waals surface area (Å²) in [5.74, 6) is -1.87. The molecule has 1 heterocycles. The molecule has 2 aromatic carbocycles. The number of halogens is 3. The number of hydrogen-bond acceptors (Lipinski definition) is 4. The van der Waals surface area contributed by atoms with E-state index in [0.29, 0.717) is 16.8 Å². The van der Waals surface area contributed by atoms with Crippen LogP contribution in [0.25, 0.3) is 11.4 Å². The van der Waals surface area contributed by atoms with Crippen LogP contribution >= 0.6 is 0 Å². The second kappa shape index (κ2) is 6.15. The molecule has 3 rings (SSSR count). The number of hydrogen-bond donors (Lipinski definition) is 1. The fourth-order valence-corrected chi connectivity index (χ4v) is 1.95. The van der Waals surface area contributed by atoms with Crippen molar-refractivity contribution >= 4 is 11.6 Å². The second-order valence-corrected chi connectivity index (χ2v) is 4.82. The molecule has 0 unspecified atom stereocenters. The summed E-state index contributed by atoms with van der Waals surface area (Å²) in [6.07, 6.45) is -4.69. The molecule has 0 aliphatic heterocycles. The fraction of sp³-hybridized carbons (Fsp3) is 0.0625. The number of anilines is 1. The number of alkyl halides is 3. The Kier molecular flexibility index (Phi) is 4.03. The lowest BCUT2D eigenvalue weighted by molar-refractivity contribution is -0.159. The molecule has 0 radical (unpaired) electrons. The van der Waals surface area contributed by atoms with Gasteiger partial charge in [0.25, 0.3) is 5.91 Å². The maximum Gasteiger partial charge on any atom is 0.471 e. The topological polar surface area (TPSA) is 68.0 Å². The smallest absolute Gasteiger partial charge is 0.329 e. The molecule has 0 fully saturated rings. The van der Waals surface area contributed by atoms with Crippen molar-refractivity contribution < 1.29 is 22.5 Å². The quantitative estimate of drug-likeness (QED) is 0.786. The normalized spacial score (nSPS) is 11.3. The van der Waals surface area contributed by atoms with Gasteiger partial charge in [0.15, 0.2) is 0 Å². The third-order valence-corrected chi connectivity index (χ3v) is 3.11. The van der Waals surface area contributed by atoms with Crippen molar-refractivity contribution in [3.05, 3.63) is 66.1 Å². The highest BCUT2D eigenvalue weighted by Crippen LogP contribution is 2.29. The summed E-state index contributed by atoms with van der Waals surface area (Å²) in [5.41, 5.74) is 1.33. The average molecular weight is 333 g/mol. The minimum Gasteiger partial charge on any atom is -0.329 e. The zero-order chi connectivity index (χ0) is 17.2. The van der Waals surface area contributed by atoms with E-state index >= 15 is 0 Å². The number of carbonyl (C=O) groups is 1. The van der Waals surface area contributed by atoms with Crippen molar-refractivity contribution in [3.63, 3.8) is 0 Å². The predicted octanol–water partition coefficient (Wildman–Crippen LogP) is 4.01. The van der Waals surface area contributed by atoms with Gasteiger partial charge in [-0.2, -0.15) is 18.2 Å². The molecule has 24 heavy (non-hydrogen) atoms. The van der Waals surface area contributed by atoms with E-state index in [1.807, 2.05) is 0 Å². The first-order valence-electron chi connectivity index (χ1n) is 6.81. The molecule has 1 aromatic heterocycles. The van der Waals surface area contributed by atoms with Gasteiger partial charge in [0.1, 0.15) is 0 Å². The Hall–Kier alpha value is -3.16. The molecular formula is C16H10F3N3O2. The summed E-state index contributed by atoms with van der Waals surface area (Å²) in [7, 11) is 0. The Morgan fingerprint density at radius 3 is 2.25 bits per heavy atom. The first kappa shape index (κ1) is 15.7. The van der Waals surface area contributed by atoms with Gasteiger partial charge in [-0.3, -0.25) is 4.79 Å². The highest BCUT2D eigenvalue weighted by Gasteiger charge is 2.38. The van der Waals surface area contributed by atoms with Crippen LogP contribution in [0.2, 0.25) is 0 Å². The number of aromatic nitrogens is 2. The summed E-state index contributed by atoms with van der Waals surface area (Å²) in [6, 6.07) is 14.7. The molecule has 3 aromatic rings. The molecule has 0 saturated carbocycles. The molecule has 1 N–H and O–H groups in total. The third kappa shape index (κ3) is 3.43. The standard InChI is InChI=1S/C16H10F3N3O2/c17-16(18,19)15-21-13(22-24-15)10-6-8-12(9-7-10)20-14(23)11-4-2-1-3-5-11/h1-9H,(H,20,23). The van der Waals surface area contributed by atoms with E-state index in [1.165, 1.54) is 12.1 Å². The molecule has 0 aliphatic carbocycles. The third-order valence-electron chi connectivity index (χ3n) is 3.11. The highest BCUT2D eigenvalue weighted by atomic mass is 19.4. The van der Waals surface area contributed by atoms with Crippen molar-refractivity contribution in [2.24, 2.45) is 0 Å². The minimum absolute atomic E-state index is 0.178. The van der Waals surface area contributed by atoms with Crippen LogP contribution in [0.1, 0.15) is 16.2 Å². The van der Waals surface area contributed by atoms with Crippen molar-refractivity contribution in [2.75, 3.05) is 5.32 Å². The monoisotopic (exact) mass is 333 g/mol. The lowest BCUT2D eigenvalue weighted by Crippen LogP contribution is -2.11. The van der Waals surface area contributed by atoms with Crippen molar-refractivity contribution in [3.8, 4) is 11.4 Å². The van der Waals surface area contributed by atoms with Crippen molar-refractivity contribution in [1.29, 1.82) is 0 Å². The van der Waals surface area contributed by atoms with Gasteiger partial charge in [0, 0.05) is 16.8 Å². The van der Waals surface area contributed by atoms with Crippen LogP contribution in [-0.2, 0) is 6.18 Å². The van der Waals surface area contributed by atoms with Gasteiger partial charge in [-0.15, -0.1) is 0 Å². The van der Waals surface area contributed by atoms with Crippen molar-refractivity contribution in [2.45, 2.75) is 6.18 Å². The van der Waals surface area contributed by atoms with E-state index in [1.54, 1.807) is 42.5 Å². The van der Waals surface area contributed by atoms with Gasteiger partial charge in [-0.1, -0.05) is 23.4 Å². The molecule has 5 nitrogen and oxygen atoms in total. The Labute approximate surface area is 134 Å². The van der Waals surface area contributed by atoms with E-state index in [2.05, 4.69) is 20.0 Å². The van der Waals surface area contributed by atoms with Crippen LogP contribution in [-0.4, -0.2) is 16.0 Å². The Bertz CT molecular complexity index is 843. The van der Waals surface area contributed by atoms with Crippen LogP contribution in [0.15, 0.2) is 59.1 Å². The molecule has 0 aliphatic rings. The number of amides is 1. The molecule has 122 valence electrons. The second-order valence-electron chi connectivity index (χ2n) is 4.82. The largest absolute Gasteiger partial charge is 0.471 e. The zero-order valence-electron chi connectivity index (χ0n) is 12.0. The lowest BCUT2D eigenvalue weighted by Gasteiger charge is -2.05. The first-order chi connectivity index (χ1) is 11.4. The van der Waals surface area contributed by atoms with E-state index in [9.17, 15) is 18.0 Å². The molecular weight excluding hydrogens is 323 g/mol. The summed E-state index contributed by atoms with van der Waals surface area (Å²) in [6.45, 7) is 0. The highest BCUT2D eigenvalue weighted by molar-refractivity contribution is 6.04. The zero-order valence-corrected chi connectivity index (χ0v) is 12.0. The van der Waals surface area contributed by atoms with Gasteiger partial charge >= 0.3 is 12.1 Å². The Morgan fingerprint density at radius 2 is 1.67 bits per heavy atom. The number of rotatable bonds is 3. The fourth-order valence-electron chi connectivity index (χ4n) is 1.95. The van der Waals surface area contributed by atoms with Gasteiger partial charge in [0.2, 0.25) is 5.82 Å². The van der Waals surface area contributed by atoms with Crippen LogP contribution in [0.4, 0.5) is 18.9 Å². The van der Waals surface area contributed by atoms with Gasteiger partial charge < -0.3 is 9.84 Å². The maximum absolute atomic E-state index is 12.4. The van der Waals surface area contributed by atoms with Crippen LogP contribution in [0, 0.1) is 0 Å². The average Bonchev–Trinajstić information content (AvgIpc) is 3.07. The molecule has 8 heteroatoms. The number of nitrogens with zero attached hydrogens (tertiary/aromatic N) is 2. The van der Waals surface area contributed by atoms with Crippen LogP contribution < -0.4 is 5.32 Å². The number of carbonyl (C=O) groups excluding carboxylic acids is 1. The Morgan fingerprint density at radius 1 is 1.00 bits per heavy atom. The summed E-state index contributed by atoms with van der Waals surface area (Å²) < 4.78 is 41.5.